The van der Waals surface area contributed by atoms with Crippen LogP contribution in [0.25, 0.3) is 0 Å². The molecule has 0 aromatic rings. The minimum Gasteiger partial charge on any atom is -0.388 e. The van der Waals surface area contributed by atoms with E-state index >= 15 is 0 Å². The molecule has 2 aliphatic carbocycles. The Kier molecular flexibility index (Phi) is 3.59. The third-order valence-corrected chi connectivity index (χ3v) is 6.19. The topological polar surface area (TPSA) is 47.3 Å². The summed E-state index contributed by atoms with van der Waals surface area (Å²) >= 11 is 0. The molecule has 3 nitrogen and oxygen atoms in total. The zero-order valence-corrected chi connectivity index (χ0v) is 12.9. The first-order chi connectivity index (χ1) is 9.49. The van der Waals surface area contributed by atoms with Gasteiger partial charge in [-0.3, -0.25) is 0 Å². The van der Waals surface area contributed by atoms with Gasteiger partial charge in [-0.1, -0.05) is 20.3 Å². The number of hydrogen-bond donors (Lipinski definition) is 1. The normalized spacial score (nSPS) is 40.1. The molecule has 2 saturated carbocycles. The van der Waals surface area contributed by atoms with E-state index in [9.17, 15) is 10.4 Å². The maximum Gasteiger partial charge on any atom is 0.0891 e. The lowest BCUT2D eigenvalue weighted by molar-refractivity contribution is -0.118. The van der Waals surface area contributed by atoms with Crippen LogP contribution in [0.3, 0.4) is 0 Å². The Morgan fingerprint density at radius 2 is 2.00 bits per heavy atom. The van der Waals surface area contributed by atoms with Gasteiger partial charge in [0.15, 0.2) is 0 Å². The maximum atomic E-state index is 11.2. The second-order valence-electron chi connectivity index (χ2n) is 7.89. The molecule has 1 heterocycles. The van der Waals surface area contributed by atoms with Crippen LogP contribution in [0.5, 0.6) is 0 Å². The molecular weight excluding hydrogens is 248 g/mol. The predicted molar refractivity (Wildman–Crippen MR) is 79.0 cm³/mol. The quantitative estimate of drug-likeness (QED) is 0.862. The number of fused-ring (bicyclic) bond motifs is 2. The number of aliphatic hydroxyl groups is 1. The summed E-state index contributed by atoms with van der Waals surface area (Å²) in [6, 6.07) is 2.61. The third-order valence-electron chi connectivity index (χ3n) is 6.19. The monoisotopic (exact) mass is 276 g/mol. The molecular formula is C17H28N2O. The lowest BCUT2D eigenvalue weighted by atomic mass is 9.60. The Morgan fingerprint density at radius 3 is 2.45 bits per heavy atom. The summed E-state index contributed by atoms with van der Waals surface area (Å²) in [6.07, 6.45) is 6.16. The molecule has 3 unspecified atom stereocenters. The summed E-state index contributed by atoms with van der Waals surface area (Å²) in [5.41, 5.74) is -1.16. The third kappa shape index (κ3) is 2.09. The molecule has 0 aromatic carbocycles. The molecule has 3 fully saturated rings. The highest BCUT2D eigenvalue weighted by Gasteiger charge is 2.62. The standard InChI is InChI=1S/C17H28N2O/c1-13(2)11-19-7-5-17(20,6-8-19)16(12-18)10-14-3-4-15(16)9-14/h13-15,20H,3-11H2,1-2H3. The molecule has 3 rings (SSSR count). The molecule has 0 amide bonds. The number of rotatable bonds is 3. The summed E-state index contributed by atoms with van der Waals surface area (Å²) in [7, 11) is 0. The zero-order chi connectivity index (χ0) is 14.4. The van der Waals surface area contributed by atoms with E-state index < -0.39 is 11.0 Å². The van der Waals surface area contributed by atoms with Crippen molar-refractivity contribution in [1.82, 2.24) is 4.90 Å². The summed E-state index contributed by atoms with van der Waals surface area (Å²) in [4.78, 5) is 2.46. The van der Waals surface area contributed by atoms with Gasteiger partial charge in [-0.25, -0.2) is 0 Å². The Labute approximate surface area is 123 Å². The van der Waals surface area contributed by atoms with Gasteiger partial charge in [-0.15, -0.1) is 0 Å². The van der Waals surface area contributed by atoms with Crippen molar-refractivity contribution in [2.75, 3.05) is 19.6 Å². The highest BCUT2D eigenvalue weighted by Crippen LogP contribution is 2.62. The fourth-order valence-corrected chi connectivity index (χ4v) is 5.21. The van der Waals surface area contributed by atoms with Crippen molar-refractivity contribution in [3.8, 4) is 6.07 Å². The van der Waals surface area contributed by atoms with Crippen molar-refractivity contribution in [1.29, 1.82) is 5.26 Å². The number of hydrogen-bond acceptors (Lipinski definition) is 3. The van der Waals surface area contributed by atoms with E-state index in [1.807, 2.05) is 0 Å². The average Bonchev–Trinajstić information content (AvgIpc) is 3.02. The molecule has 3 aliphatic rings. The van der Waals surface area contributed by atoms with Crippen molar-refractivity contribution < 1.29 is 5.11 Å². The second kappa shape index (κ2) is 5.00. The molecule has 3 atom stereocenters. The fraction of sp³-hybridized carbons (Fsp3) is 0.941. The van der Waals surface area contributed by atoms with Crippen LogP contribution < -0.4 is 0 Å². The first-order valence-electron chi connectivity index (χ1n) is 8.35. The molecule has 1 N–H and O–H groups in total. The van der Waals surface area contributed by atoms with Gasteiger partial charge in [-0.2, -0.15) is 5.26 Å². The van der Waals surface area contributed by atoms with E-state index in [-0.39, 0.29) is 0 Å². The van der Waals surface area contributed by atoms with Crippen LogP contribution in [0.2, 0.25) is 0 Å². The summed E-state index contributed by atoms with van der Waals surface area (Å²) in [5, 5.41) is 21.1. The summed E-state index contributed by atoms with van der Waals surface area (Å²) in [5.74, 6) is 1.84. The summed E-state index contributed by atoms with van der Waals surface area (Å²) < 4.78 is 0. The zero-order valence-electron chi connectivity index (χ0n) is 12.9. The van der Waals surface area contributed by atoms with Crippen LogP contribution in [-0.4, -0.2) is 35.2 Å². The van der Waals surface area contributed by atoms with Crippen molar-refractivity contribution in [2.24, 2.45) is 23.2 Å². The van der Waals surface area contributed by atoms with Crippen LogP contribution in [0, 0.1) is 34.5 Å². The van der Waals surface area contributed by atoms with Crippen molar-refractivity contribution in [2.45, 2.75) is 58.0 Å². The van der Waals surface area contributed by atoms with Crippen molar-refractivity contribution >= 4 is 0 Å². The van der Waals surface area contributed by atoms with Gasteiger partial charge >= 0.3 is 0 Å². The number of nitriles is 1. The van der Waals surface area contributed by atoms with Crippen LogP contribution >= 0.6 is 0 Å². The van der Waals surface area contributed by atoms with Gasteiger partial charge in [0, 0.05) is 19.6 Å². The molecule has 1 aliphatic heterocycles. The Hall–Kier alpha value is -0.590. The van der Waals surface area contributed by atoms with Crippen LogP contribution in [0.15, 0.2) is 0 Å². The lowest BCUT2D eigenvalue weighted by Crippen LogP contribution is -2.56. The van der Waals surface area contributed by atoms with Crippen LogP contribution in [0.1, 0.15) is 52.4 Å². The molecule has 3 heteroatoms. The number of nitrogens with zero attached hydrogens (tertiary/aromatic N) is 2. The van der Waals surface area contributed by atoms with E-state index in [4.69, 9.17) is 0 Å². The van der Waals surface area contributed by atoms with Gasteiger partial charge in [-0.05, 0) is 49.9 Å². The SMILES string of the molecule is CC(C)CN1CCC(O)(C2(C#N)CC3CCC2C3)CC1. The largest absolute Gasteiger partial charge is 0.388 e. The van der Waals surface area contributed by atoms with E-state index in [2.05, 4.69) is 24.8 Å². The Morgan fingerprint density at radius 1 is 1.30 bits per heavy atom. The van der Waals surface area contributed by atoms with Crippen molar-refractivity contribution in [3.63, 3.8) is 0 Å². The summed E-state index contributed by atoms with van der Waals surface area (Å²) in [6.45, 7) is 7.51. The lowest BCUT2D eigenvalue weighted by Gasteiger charge is -2.49. The molecule has 0 radical (unpaired) electrons. The van der Waals surface area contributed by atoms with E-state index in [1.165, 1.54) is 12.8 Å². The molecule has 0 spiro atoms. The minimum atomic E-state index is -0.727. The molecule has 1 saturated heterocycles. The Bertz CT molecular complexity index is 406. The number of piperidine rings is 1. The van der Waals surface area contributed by atoms with E-state index in [0.717, 1.165) is 45.3 Å². The average molecular weight is 276 g/mol. The van der Waals surface area contributed by atoms with Gasteiger partial charge in [0.05, 0.1) is 17.1 Å². The smallest absolute Gasteiger partial charge is 0.0891 e. The molecule has 20 heavy (non-hydrogen) atoms. The number of likely N-dealkylation sites (tertiary alicyclic amines) is 1. The molecule has 112 valence electrons. The van der Waals surface area contributed by atoms with Gasteiger partial charge < -0.3 is 10.0 Å². The fourth-order valence-electron chi connectivity index (χ4n) is 5.21. The van der Waals surface area contributed by atoms with Crippen LogP contribution in [-0.2, 0) is 0 Å². The van der Waals surface area contributed by atoms with E-state index in [0.29, 0.717) is 17.8 Å². The molecule has 2 bridgehead atoms. The minimum absolute atomic E-state index is 0.431. The first kappa shape index (κ1) is 14.4. The van der Waals surface area contributed by atoms with Gasteiger partial charge in [0.2, 0.25) is 0 Å². The van der Waals surface area contributed by atoms with Gasteiger partial charge in [0.1, 0.15) is 0 Å². The van der Waals surface area contributed by atoms with E-state index in [1.54, 1.807) is 0 Å². The van der Waals surface area contributed by atoms with Crippen molar-refractivity contribution in [3.05, 3.63) is 0 Å². The predicted octanol–water partition coefficient (Wildman–Crippen LogP) is 2.80. The second-order valence-corrected chi connectivity index (χ2v) is 7.89. The highest BCUT2D eigenvalue weighted by atomic mass is 16.3. The first-order valence-corrected chi connectivity index (χ1v) is 8.35. The van der Waals surface area contributed by atoms with Crippen LogP contribution in [0.4, 0.5) is 0 Å². The highest BCUT2D eigenvalue weighted by molar-refractivity contribution is 5.21. The maximum absolute atomic E-state index is 11.2. The van der Waals surface area contributed by atoms with Gasteiger partial charge in [0.25, 0.3) is 0 Å². The molecule has 0 aromatic heterocycles. The Balaban J connectivity index is 1.72.